The van der Waals surface area contributed by atoms with Crippen LogP contribution in [-0.2, 0) is 13.1 Å². The summed E-state index contributed by atoms with van der Waals surface area (Å²) in [6.45, 7) is 8.84. The average molecular weight is 1010 g/mol. The normalized spacial score (nSPS) is 10.9. The Balaban J connectivity index is 0.000000215. The molecule has 0 saturated heterocycles. The van der Waals surface area contributed by atoms with Gasteiger partial charge in [-0.15, -0.1) is 43.1 Å². The number of rotatable bonds is 12. The second-order valence-electron chi connectivity index (χ2n) is 13.8. The number of benzene rings is 4. The van der Waals surface area contributed by atoms with Crippen molar-refractivity contribution in [2.75, 3.05) is 18.1 Å². The number of nitrogens with one attached hydrogen (secondary N) is 1. The van der Waals surface area contributed by atoms with Crippen molar-refractivity contribution in [2.45, 2.75) is 33.6 Å². The zero-order valence-electron chi connectivity index (χ0n) is 37.3. The summed E-state index contributed by atoms with van der Waals surface area (Å²) in [5.41, 5.74) is 20.0. The van der Waals surface area contributed by atoms with Gasteiger partial charge in [0.25, 0.3) is 0 Å². The third-order valence-corrected chi connectivity index (χ3v) is 10.4. The van der Waals surface area contributed by atoms with E-state index >= 15 is 0 Å². The summed E-state index contributed by atoms with van der Waals surface area (Å²) in [5, 5.41) is 52.4. The first kappa shape index (κ1) is 53.5. The summed E-state index contributed by atoms with van der Waals surface area (Å²) in [6, 6.07) is 32.7. The van der Waals surface area contributed by atoms with Gasteiger partial charge >= 0.3 is 6.17 Å². The summed E-state index contributed by atoms with van der Waals surface area (Å²) >= 11 is 2.77. The van der Waals surface area contributed by atoms with Crippen LogP contribution >= 0.6 is 22.7 Å². The lowest BCUT2D eigenvalue weighted by molar-refractivity contribution is 0.318. The third kappa shape index (κ3) is 14.8. The molecule has 72 heavy (non-hydrogen) atoms. The molecule has 1 unspecified atom stereocenters. The molecule has 1 atom stereocenters. The molecule has 364 valence electrons. The van der Waals surface area contributed by atoms with E-state index in [9.17, 15) is 8.78 Å². The number of nitrogen functional groups attached to an aromatic ring is 3. The van der Waals surface area contributed by atoms with Crippen LogP contribution in [0.4, 0.5) is 37.5 Å². The molecule has 9 rings (SSSR count). The third-order valence-electron chi connectivity index (χ3n) is 8.82. The summed E-state index contributed by atoms with van der Waals surface area (Å²) in [6.07, 6.45) is 2.27. The first-order chi connectivity index (χ1) is 34.5. The van der Waals surface area contributed by atoms with Gasteiger partial charge in [0.05, 0.1) is 24.5 Å². The van der Waals surface area contributed by atoms with Gasteiger partial charge in [0.2, 0.25) is 17.5 Å². The maximum Gasteiger partial charge on any atom is 0.418 e. The van der Waals surface area contributed by atoms with Crippen molar-refractivity contribution in [1.82, 2.24) is 49.5 Å². The van der Waals surface area contributed by atoms with Crippen molar-refractivity contribution in [3.05, 3.63) is 172 Å². The minimum Gasteiger partial charge on any atom is -0.397 e. The Labute approximate surface area is 419 Å². The predicted molar refractivity (Wildman–Crippen MR) is 271 cm³/mol. The van der Waals surface area contributed by atoms with Crippen LogP contribution in [0.5, 0.6) is 0 Å². The van der Waals surface area contributed by atoms with Crippen molar-refractivity contribution < 1.29 is 13.9 Å². The number of nitrogens with two attached hydrogens (primary N) is 3. The van der Waals surface area contributed by atoms with Crippen LogP contribution in [-0.4, -0.2) is 73.2 Å². The number of hydrogen-bond acceptors (Lipinski definition) is 19. The molecule has 0 aliphatic rings. The van der Waals surface area contributed by atoms with Crippen LogP contribution < -0.4 is 17.2 Å². The van der Waals surface area contributed by atoms with Crippen LogP contribution in [0.25, 0.3) is 38.2 Å². The number of nitriles is 1. The summed E-state index contributed by atoms with van der Waals surface area (Å²) in [4.78, 5) is 28.7. The van der Waals surface area contributed by atoms with Gasteiger partial charge in [-0.3, -0.25) is 10.3 Å². The lowest BCUT2D eigenvalue weighted by Crippen LogP contribution is -2.14. The maximum atomic E-state index is 14.3. The topological polar surface area (TPSA) is 313 Å². The zero-order chi connectivity index (χ0) is 50.5. The largest absolute Gasteiger partial charge is 0.418 e. The number of amidine groups is 1. The van der Waals surface area contributed by atoms with Crippen LogP contribution in [0.15, 0.2) is 153 Å². The van der Waals surface area contributed by atoms with Gasteiger partial charge in [-0.2, -0.15) is 10.4 Å². The van der Waals surface area contributed by atoms with Gasteiger partial charge in [-0.25, -0.2) is 54.6 Å². The number of anilines is 2. The molecule has 4 aromatic carbocycles. The fourth-order valence-corrected chi connectivity index (χ4v) is 6.92. The van der Waals surface area contributed by atoms with E-state index in [1.54, 1.807) is 90.7 Å². The summed E-state index contributed by atoms with van der Waals surface area (Å²) in [5.74, 6) is 0.471. The minimum atomic E-state index is -1.03. The molecule has 9 aromatic rings. The van der Waals surface area contributed by atoms with E-state index in [1.165, 1.54) is 39.5 Å². The molecule has 5 aromatic heterocycles. The Morgan fingerprint density at radius 1 is 0.736 bits per heavy atom. The maximum absolute atomic E-state index is 14.3. The first-order valence-corrected chi connectivity index (χ1v) is 22.5. The molecule has 0 aliphatic carbocycles. The standard InChI is InChI=1S/C22H17FN10S.C13H11FN6S.C9H6N4.C2H6O.CH4/c23-15-9-5-4-6-13(15)12-33-21(22-26-10-11-34-22)29-20(32-33)19-27-17(24)16(18(25)28-19)31-30-14-7-2-1-3-8-14;14-9-4-2-1-3-8(9)7-20-12(13-17-5-6-21-13)18-11(19-20)10(15)16;1-11-9(7-10)13-12-8-5-3-2-4-6-8;1-2-3;/h1-11H,12H2,(H4,24,25,27,28);1-6H,7H2,(H3,15,16);2-6,9H;3H,2H2,1H3;1H4. The van der Waals surface area contributed by atoms with Gasteiger partial charge in [-0.05, 0) is 43.3 Å². The van der Waals surface area contributed by atoms with Crippen LogP contribution in [0.1, 0.15) is 31.3 Å². The van der Waals surface area contributed by atoms with E-state index in [0.29, 0.717) is 44.2 Å². The van der Waals surface area contributed by atoms with E-state index < -0.39 is 6.17 Å². The van der Waals surface area contributed by atoms with Gasteiger partial charge in [0.15, 0.2) is 50.9 Å². The van der Waals surface area contributed by atoms with Gasteiger partial charge < -0.3 is 22.3 Å². The first-order valence-electron chi connectivity index (χ1n) is 20.7. The van der Waals surface area contributed by atoms with E-state index in [2.05, 4.69) is 65.4 Å². The summed E-state index contributed by atoms with van der Waals surface area (Å²) < 4.78 is 31.1. The van der Waals surface area contributed by atoms with E-state index in [1.807, 2.05) is 47.2 Å². The molecular weight excluding hydrogens is 963 g/mol. The molecule has 8 N–H and O–H groups in total. The molecule has 25 heteroatoms. The molecule has 0 radical (unpaired) electrons. The van der Waals surface area contributed by atoms with Crippen LogP contribution in [0, 0.1) is 34.9 Å². The average Bonchev–Trinajstić information content (AvgIpc) is 4.23. The van der Waals surface area contributed by atoms with E-state index in [-0.39, 0.29) is 79.4 Å². The zero-order valence-corrected chi connectivity index (χ0v) is 38.9. The van der Waals surface area contributed by atoms with Crippen molar-refractivity contribution in [1.29, 1.82) is 10.7 Å². The Morgan fingerprint density at radius 3 is 1.67 bits per heavy atom. The lowest BCUT2D eigenvalue weighted by Gasteiger charge is -2.05. The highest BCUT2D eigenvalue weighted by Crippen LogP contribution is 2.31. The number of thiazole rings is 2. The molecule has 21 nitrogen and oxygen atoms in total. The Hall–Kier alpha value is -9.43. The van der Waals surface area contributed by atoms with Gasteiger partial charge in [-0.1, -0.05) is 85.3 Å². The molecular formula is C47H44F2N20OS2. The smallest absolute Gasteiger partial charge is 0.397 e. The number of aliphatic hydroxyl groups is 1. The predicted octanol–water partition coefficient (Wildman–Crippen LogP) is 9.67. The Kier molecular flexibility index (Phi) is 20.0. The van der Waals surface area contributed by atoms with Crippen molar-refractivity contribution in [2.24, 2.45) is 26.2 Å². The second kappa shape index (κ2) is 26.9. The molecule has 0 fully saturated rings. The molecule has 0 saturated carbocycles. The molecule has 5 heterocycles. The monoisotopic (exact) mass is 1010 g/mol. The van der Waals surface area contributed by atoms with Crippen molar-refractivity contribution in [3.63, 3.8) is 0 Å². The van der Waals surface area contributed by atoms with E-state index in [4.69, 9.17) is 39.6 Å². The SMILES string of the molecule is C.CCO.N=C(N)c1nc(-c2nccs2)n(Cc2ccccc2F)n1.Nc1nc(-c2nc(-c3nccs3)n(Cc3ccccc3F)n2)nc(N)c1N=Nc1ccccc1.[C-]#[N+]C(C#N)N=Nc1ccccc1. The fraction of sp³-hybridized carbons (Fsp3) is 0.128. The highest BCUT2D eigenvalue weighted by Gasteiger charge is 2.21. The van der Waals surface area contributed by atoms with Crippen LogP contribution in [0.2, 0.25) is 0 Å². The number of nitrogens with zero attached hydrogens (tertiary/aromatic N) is 16. The van der Waals surface area contributed by atoms with Gasteiger partial charge in [0.1, 0.15) is 11.6 Å². The number of aliphatic hydroxyl groups excluding tert-OH is 1. The number of hydrogen-bond donors (Lipinski definition) is 5. The number of halogens is 2. The lowest BCUT2D eigenvalue weighted by atomic mass is 10.2. The van der Waals surface area contributed by atoms with Gasteiger partial charge in [0, 0.05) is 40.9 Å². The Bertz CT molecular complexity index is 3240. The molecule has 0 spiro atoms. The van der Waals surface area contributed by atoms with E-state index in [0.717, 1.165) is 0 Å². The molecule has 0 aliphatic heterocycles. The summed E-state index contributed by atoms with van der Waals surface area (Å²) in [7, 11) is 0. The van der Waals surface area contributed by atoms with Crippen LogP contribution in [0.3, 0.4) is 0 Å². The second-order valence-corrected chi connectivity index (χ2v) is 15.6. The fourth-order valence-electron chi connectivity index (χ4n) is 5.67. The number of azo groups is 2. The number of aromatic nitrogens is 10. The minimum absolute atomic E-state index is 0. The molecule has 0 amide bonds. The van der Waals surface area contributed by atoms with Crippen molar-refractivity contribution in [3.8, 4) is 39.4 Å². The molecule has 0 bridgehead atoms. The highest BCUT2D eigenvalue weighted by atomic mass is 32.1. The highest BCUT2D eigenvalue weighted by molar-refractivity contribution is 7.13. The van der Waals surface area contributed by atoms with Crippen molar-refractivity contribution >= 4 is 57.2 Å². The Morgan fingerprint density at radius 2 is 1.21 bits per heavy atom. The quantitative estimate of drug-likeness (QED) is 0.0330.